The molecule has 0 aromatic carbocycles. The second kappa shape index (κ2) is 5.13. The molecule has 0 radical (unpaired) electrons. The summed E-state index contributed by atoms with van der Waals surface area (Å²) in [4.78, 5) is 15.6. The SMILES string of the molecule is CC(C)[C@@]1(n2ccc(N)nc2=O)O[C@H](CO)[C@@H](O)[C@H]1O. The summed E-state index contributed by atoms with van der Waals surface area (Å²) in [6.07, 6.45) is -2.29. The maximum absolute atomic E-state index is 12.0. The van der Waals surface area contributed by atoms with Crippen LogP contribution in [0.5, 0.6) is 0 Å². The van der Waals surface area contributed by atoms with Gasteiger partial charge in [-0.15, -0.1) is 0 Å². The molecule has 5 N–H and O–H groups in total. The Balaban J connectivity index is 2.59. The summed E-state index contributed by atoms with van der Waals surface area (Å²) < 4.78 is 6.73. The zero-order chi connectivity index (χ0) is 15.1. The van der Waals surface area contributed by atoms with E-state index in [2.05, 4.69) is 4.98 Å². The van der Waals surface area contributed by atoms with Crippen molar-refractivity contribution in [3.05, 3.63) is 22.7 Å². The van der Waals surface area contributed by atoms with Crippen molar-refractivity contribution in [1.82, 2.24) is 9.55 Å². The normalized spacial score (nSPS) is 33.8. The summed E-state index contributed by atoms with van der Waals surface area (Å²) in [6, 6.07) is 1.40. The number of rotatable bonds is 3. The summed E-state index contributed by atoms with van der Waals surface area (Å²) in [6.45, 7) is 3.00. The molecule has 0 saturated carbocycles. The van der Waals surface area contributed by atoms with Gasteiger partial charge >= 0.3 is 5.69 Å². The summed E-state index contributed by atoms with van der Waals surface area (Å²) in [5.74, 6) is -0.302. The van der Waals surface area contributed by atoms with Crippen LogP contribution in [0, 0.1) is 5.92 Å². The van der Waals surface area contributed by atoms with Crippen LogP contribution in [0.1, 0.15) is 13.8 Å². The smallest absolute Gasteiger partial charge is 0.351 e. The van der Waals surface area contributed by atoms with E-state index in [1.54, 1.807) is 13.8 Å². The molecule has 2 rings (SSSR count). The number of nitrogens with two attached hydrogens (primary N) is 1. The average molecular weight is 285 g/mol. The zero-order valence-corrected chi connectivity index (χ0v) is 11.3. The molecule has 20 heavy (non-hydrogen) atoms. The number of aliphatic hydroxyl groups is 3. The molecule has 1 aliphatic rings. The standard InChI is InChI=1S/C12H19N3O5/c1-6(2)12(10(18)9(17)7(5-16)20-12)15-4-3-8(13)14-11(15)19/h3-4,6-7,9-10,16-18H,5H2,1-2H3,(H2,13,14,19)/t7-,9-,10-,12-/m1/s1. The van der Waals surface area contributed by atoms with Crippen LogP contribution in [0.4, 0.5) is 5.82 Å². The van der Waals surface area contributed by atoms with Crippen LogP contribution in [0.15, 0.2) is 17.1 Å². The molecular weight excluding hydrogens is 266 g/mol. The lowest BCUT2D eigenvalue weighted by Crippen LogP contribution is -2.54. The van der Waals surface area contributed by atoms with Gasteiger partial charge in [0.25, 0.3) is 0 Å². The van der Waals surface area contributed by atoms with Gasteiger partial charge in [0.05, 0.1) is 6.61 Å². The highest BCUT2D eigenvalue weighted by molar-refractivity contribution is 5.24. The molecule has 1 aromatic rings. The van der Waals surface area contributed by atoms with E-state index in [1.807, 2.05) is 0 Å². The molecule has 1 saturated heterocycles. The van der Waals surface area contributed by atoms with E-state index in [9.17, 15) is 20.1 Å². The van der Waals surface area contributed by atoms with E-state index < -0.39 is 36.3 Å². The highest BCUT2D eigenvalue weighted by Gasteiger charge is 2.57. The van der Waals surface area contributed by atoms with Crippen molar-refractivity contribution in [1.29, 1.82) is 0 Å². The van der Waals surface area contributed by atoms with Crippen LogP contribution in [-0.2, 0) is 10.5 Å². The minimum atomic E-state index is -1.50. The Morgan fingerprint density at radius 2 is 2.20 bits per heavy atom. The molecular formula is C12H19N3O5. The van der Waals surface area contributed by atoms with Crippen LogP contribution in [0.25, 0.3) is 0 Å². The van der Waals surface area contributed by atoms with Gasteiger partial charge < -0.3 is 25.8 Å². The predicted molar refractivity (Wildman–Crippen MR) is 69.7 cm³/mol. The molecule has 4 atom stereocenters. The molecule has 2 heterocycles. The second-order valence-corrected chi connectivity index (χ2v) is 5.19. The van der Waals surface area contributed by atoms with Crippen molar-refractivity contribution in [2.75, 3.05) is 12.3 Å². The molecule has 112 valence electrons. The minimum absolute atomic E-state index is 0.0527. The van der Waals surface area contributed by atoms with E-state index >= 15 is 0 Å². The van der Waals surface area contributed by atoms with Crippen molar-refractivity contribution >= 4 is 5.82 Å². The molecule has 0 spiro atoms. The molecule has 0 bridgehead atoms. The topological polar surface area (TPSA) is 131 Å². The Morgan fingerprint density at radius 3 is 2.65 bits per heavy atom. The predicted octanol–water partition coefficient (Wildman–Crippen LogP) is -1.75. The van der Waals surface area contributed by atoms with Gasteiger partial charge in [0, 0.05) is 12.1 Å². The third kappa shape index (κ3) is 2.01. The third-order valence-corrected chi connectivity index (χ3v) is 3.68. The number of hydrogen-bond donors (Lipinski definition) is 4. The first-order valence-corrected chi connectivity index (χ1v) is 6.35. The van der Waals surface area contributed by atoms with Gasteiger partial charge in [-0.3, -0.25) is 4.57 Å². The Kier molecular flexibility index (Phi) is 3.83. The van der Waals surface area contributed by atoms with Gasteiger partial charge in [-0.1, -0.05) is 13.8 Å². The van der Waals surface area contributed by atoms with E-state index in [4.69, 9.17) is 10.5 Å². The number of nitrogen functional groups attached to an aromatic ring is 1. The quantitative estimate of drug-likeness (QED) is 0.518. The summed E-state index contributed by atoms with van der Waals surface area (Å²) in [5, 5.41) is 29.5. The average Bonchev–Trinajstić information content (AvgIpc) is 2.64. The fourth-order valence-electron chi connectivity index (χ4n) is 2.61. The molecule has 0 amide bonds. The van der Waals surface area contributed by atoms with Crippen molar-refractivity contribution in [3.8, 4) is 0 Å². The number of nitrogens with zero attached hydrogens (tertiary/aromatic N) is 2. The molecule has 0 unspecified atom stereocenters. The molecule has 1 fully saturated rings. The fourth-order valence-corrected chi connectivity index (χ4v) is 2.61. The van der Waals surface area contributed by atoms with Crippen molar-refractivity contribution in [2.45, 2.75) is 37.9 Å². The van der Waals surface area contributed by atoms with Gasteiger partial charge in [0.2, 0.25) is 0 Å². The molecule has 1 aliphatic heterocycles. The zero-order valence-electron chi connectivity index (χ0n) is 11.3. The van der Waals surface area contributed by atoms with Gasteiger partial charge in [-0.2, -0.15) is 4.98 Å². The van der Waals surface area contributed by atoms with E-state index in [-0.39, 0.29) is 11.7 Å². The maximum atomic E-state index is 12.0. The van der Waals surface area contributed by atoms with Crippen molar-refractivity contribution < 1.29 is 20.1 Å². The number of aliphatic hydroxyl groups excluding tert-OH is 3. The number of aromatic nitrogens is 2. The molecule has 1 aromatic heterocycles. The Hall–Kier alpha value is -1.48. The number of ether oxygens (including phenoxy) is 1. The lowest BCUT2D eigenvalue weighted by molar-refractivity contribution is -0.178. The second-order valence-electron chi connectivity index (χ2n) is 5.19. The maximum Gasteiger partial charge on any atom is 0.351 e. The Labute approximate surface area is 115 Å². The number of anilines is 1. The van der Waals surface area contributed by atoms with Gasteiger partial charge in [0.15, 0.2) is 5.72 Å². The highest BCUT2D eigenvalue weighted by atomic mass is 16.6. The van der Waals surface area contributed by atoms with E-state index in [0.717, 1.165) is 4.57 Å². The Bertz CT molecular complexity index is 546. The lowest BCUT2D eigenvalue weighted by Gasteiger charge is -2.37. The first-order valence-electron chi connectivity index (χ1n) is 6.35. The molecule has 8 nitrogen and oxygen atoms in total. The summed E-state index contributed by atoms with van der Waals surface area (Å²) in [7, 11) is 0. The van der Waals surface area contributed by atoms with Crippen LogP contribution in [-0.4, -0.2) is 49.8 Å². The number of hydrogen-bond acceptors (Lipinski definition) is 7. The fraction of sp³-hybridized carbons (Fsp3) is 0.667. The van der Waals surface area contributed by atoms with E-state index in [1.165, 1.54) is 12.3 Å². The summed E-state index contributed by atoms with van der Waals surface area (Å²) >= 11 is 0. The van der Waals surface area contributed by atoms with Crippen molar-refractivity contribution in [2.24, 2.45) is 5.92 Å². The van der Waals surface area contributed by atoms with Crippen LogP contribution in [0.2, 0.25) is 0 Å². The van der Waals surface area contributed by atoms with Gasteiger partial charge in [-0.25, -0.2) is 4.79 Å². The molecule has 0 aliphatic carbocycles. The van der Waals surface area contributed by atoms with Crippen LogP contribution < -0.4 is 11.4 Å². The minimum Gasteiger partial charge on any atom is -0.394 e. The van der Waals surface area contributed by atoms with Gasteiger partial charge in [-0.05, 0) is 6.07 Å². The monoisotopic (exact) mass is 285 g/mol. The lowest BCUT2D eigenvalue weighted by atomic mass is 9.91. The van der Waals surface area contributed by atoms with Crippen LogP contribution in [0.3, 0.4) is 0 Å². The van der Waals surface area contributed by atoms with E-state index in [0.29, 0.717) is 0 Å². The highest BCUT2D eigenvalue weighted by Crippen LogP contribution is 2.40. The third-order valence-electron chi connectivity index (χ3n) is 3.68. The summed E-state index contributed by atoms with van der Waals surface area (Å²) in [5.41, 5.74) is 3.26. The first kappa shape index (κ1) is 14.9. The largest absolute Gasteiger partial charge is 0.394 e. The Morgan fingerprint density at radius 1 is 1.55 bits per heavy atom. The van der Waals surface area contributed by atoms with Crippen molar-refractivity contribution in [3.63, 3.8) is 0 Å². The molecule has 8 heteroatoms. The first-order chi connectivity index (χ1) is 9.34. The van der Waals surface area contributed by atoms with Gasteiger partial charge in [0.1, 0.15) is 24.1 Å². The van der Waals surface area contributed by atoms with Crippen LogP contribution >= 0.6 is 0 Å².